The second kappa shape index (κ2) is 3.67. The standard InChI is InChI=1S/C5H7NO5/c6-1-2(7)3(4(8)9)5(10)11/h3H,1,6H2,(H,8,9)(H,10,11). The Hall–Kier alpha value is -1.43. The van der Waals surface area contributed by atoms with Crippen LogP contribution in [0.15, 0.2) is 0 Å². The van der Waals surface area contributed by atoms with Gasteiger partial charge in [0, 0.05) is 0 Å². The summed E-state index contributed by atoms with van der Waals surface area (Å²) in [6, 6.07) is 0. The molecule has 0 unspecified atom stereocenters. The van der Waals surface area contributed by atoms with Crippen molar-refractivity contribution in [2.75, 3.05) is 6.54 Å². The molecule has 0 atom stereocenters. The second-order valence-corrected chi connectivity index (χ2v) is 1.78. The van der Waals surface area contributed by atoms with Gasteiger partial charge in [0.05, 0.1) is 6.54 Å². The highest BCUT2D eigenvalue weighted by Gasteiger charge is 2.32. The molecule has 0 heterocycles. The SMILES string of the molecule is NCC(=O)C(C(=O)O)C(=O)O. The van der Waals surface area contributed by atoms with Gasteiger partial charge in [0.2, 0.25) is 5.92 Å². The summed E-state index contributed by atoms with van der Waals surface area (Å²) in [6.07, 6.45) is 0. The first-order valence-electron chi connectivity index (χ1n) is 2.69. The number of carbonyl (C=O) groups excluding carboxylic acids is 1. The van der Waals surface area contributed by atoms with Crippen LogP contribution in [0.1, 0.15) is 0 Å². The van der Waals surface area contributed by atoms with Crippen molar-refractivity contribution in [2.24, 2.45) is 11.7 Å². The van der Waals surface area contributed by atoms with Gasteiger partial charge in [0.15, 0.2) is 5.78 Å². The average molecular weight is 161 g/mol. The molecule has 0 saturated heterocycles. The van der Waals surface area contributed by atoms with Crippen molar-refractivity contribution in [3.05, 3.63) is 0 Å². The Kier molecular flexibility index (Phi) is 3.19. The van der Waals surface area contributed by atoms with E-state index in [4.69, 9.17) is 15.9 Å². The zero-order valence-corrected chi connectivity index (χ0v) is 5.48. The van der Waals surface area contributed by atoms with Gasteiger partial charge in [0.1, 0.15) is 0 Å². The zero-order chi connectivity index (χ0) is 9.02. The maximum Gasteiger partial charge on any atom is 0.325 e. The van der Waals surface area contributed by atoms with Crippen molar-refractivity contribution in [1.29, 1.82) is 0 Å². The van der Waals surface area contributed by atoms with E-state index in [0.29, 0.717) is 0 Å². The van der Waals surface area contributed by atoms with Crippen LogP contribution in [-0.2, 0) is 14.4 Å². The molecule has 0 aliphatic carbocycles. The van der Waals surface area contributed by atoms with E-state index >= 15 is 0 Å². The van der Waals surface area contributed by atoms with Crippen LogP contribution < -0.4 is 5.73 Å². The lowest BCUT2D eigenvalue weighted by atomic mass is 10.1. The molecular weight excluding hydrogens is 154 g/mol. The van der Waals surface area contributed by atoms with Gasteiger partial charge in [-0.25, -0.2) is 0 Å². The topological polar surface area (TPSA) is 118 Å². The molecular formula is C5H7NO5. The number of carboxylic acid groups (broad SMARTS) is 2. The van der Waals surface area contributed by atoms with E-state index < -0.39 is 30.2 Å². The molecule has 6 nitrogen and oxygen atoms in total. The molecule has 0 spiro atoms. The number of Topliss-reactive ketones (excluding diaryl/α,β-unsaturated/α-hetero) is 1. The fraction of sp³-hybridized carbons (Fsp3) is 0.400. The van der Waals surface area contributed by atoms with Crippen LogP contribution in [0.25, 0.3) is 0 Å². The van der Waals surface area contributed by atoms with Crippen molar-refractivity contribution < 1.29 is 24.6 Å². The van der Waals surface area contributed by atoms with Crippen LogP contribution in [0.2, 0.25) is 0 Å². The van der Waals surface area contributed by atoms with Crippen molar-refractivity contribution in [2.45, 2.75) is 0 Å². The molecule has 0 aliphatic heterocycles. The molecule has 0 aromatic carbocycles. The normalized spacial score (nSPS) is 9.64. The summed E-state index contributed by atoms with van der Waals surface area (Å²) in [4.78, 5) is 30.7. The van der Waals surface area contributed by atoms with Gasteiger partial charge in [-0.3, -0.25) is 14.4 Å². The monoisotopic (exact) mass is 161 g/mol. The number of hydrogen-bond donors (Lipinski definition) is 3. The van der Waals surface area contributed by atoms with Crippen molar-refractivity contribution >= 4 is 17.7 Å². The number of ketones is 1. The first kappa shape index (κ1) is 9.57. The van der Waals surface area contributed by atoms with Gasteiger partial charge in [0.25, 0.3) is 0 Å². The average Bonchev–Trinajstić information content (AvgIpc) is 1.85. The molecule has 0 amide bonds. The van der Waals surface area contributed by atoms with Gasteiger partial charge >= 0.3 is 11.9 Å². The molecule has 0 saturated carbocycles. The summed E-state index contributed by atoms with van der Waals surface area (Å²) in [5.41, 5.74) is 4.77. The smallest absolute Gasteiger partial charge is 0.325 e. The van der Waals surface area contributed by atoms with E-state index in [1.54, 1.807) is 0 Å². The maximum absolute atomic E-state index is 10.5. The highest BCUT2D eigenvalue weighted by Crippen LogP contribution is 1.97. The van der Waals surface area contributed by atoms with Crippen LogP contribution >= 0.6 is 0 Å². The fourth-order valence-corrected chi connectivity index (χ4v) is 0.499. The first-order valence-corrected chi connectivity index (χ1v) is 2.69. The quantitative estimate of drug-likeness (QED) is 0.423. The largest absolute Gasteiger partial charge is 0.480 e. The predicted molar refractivity (Wildman–Crippen MR) is 32.8 cm³/mol. The highest BCUT2D eigenvalue weighted by atomic mass is 16.4. The summed E-state index contributed by atoms with van der Waals surface area (Å²) in [6.45, 7) is -0.580. The van der Waals surface area contributed by atoms with E-state index in [-0.39, 0.29) is 0 Å². The molecule has 0 aliphatic rings. The molecule has 0 fully saturated rings. The number of carboxylic acids is 2. The third kappa shape index (κ3) is 2.34. The molecule has 6 heteroatoms. The highest BCUT2D eigenvalue weighted by molar-refractivity contribution is 6.14. The zero-order valence-electron chi connectivity index (χ0n) is 5.48. The minimum absolute atomic E-state index is 0.580. The molecule has 0 bridgehead atoms. The van der Waals surface area contributed by atoms with Crippen molar-refractivity contribution in [3.63, 3.8) is 0 Å². The van der Waals surface area contributed by atoms with Gasteiger partial charge in [-0.1, -0.05) is 0 Å². The Morgan fingerprint density at radius 3 is 1.64 bits per heavy atom. The maximum atomic E-state index is 10.5. The molecule has 62 valence electrons. The number of rotatable bonds is 4. The predicted octanol–water partition coefficient (Wildman–Crippen LogP) is -1.70. The number of hydrogen-bond acceptors (Lipinski definition) is 4. The molecule has 11 heavy (non-hydrogen) atoms. The van der Waals surface area contributed by atoms with E-state index in [2.05, 4.69) is 0 Å². The molecule has 0 radical (unpaired) electrons. The van der Waals surface area contributed by atoms with Crippen LogP contribution in [0.5, 0.6) is 0 Å². The summed E-state index contributed by atoms with van der Waals surface area (Å²) < 4.78 is 0. The van der Waals surface area contributed by atoms with E-state index in [9.17, 15) is 14.4 Å². The lowest BCUT2D eigenvalue weighted by molar-refractivity contribution is -0.157. The van der Waals surface area contributed by atoms with E-state index in [1.165, 1.54) is 0 Å². The third-order valence-corrected chi connectivity index (χ3v) is 1.02. The number of nitrogens with two attached hydrogens (primary N) is 1. The fourth-order valence-electron chi connectivity index (χ4n) is 0.499. The Morgan fingerprint density at radius 1 is 1.18 bits per heavy atom. The molecule has 0 aromatic rings. The van der Waals surface area contributed by atoms with Gasteiger partial charge < -0.3 is 15.9 Å². The van der Waals surface area contributed by atoms with Gasteiger partial charge in [-0.05, 0) is 0 Å². The van der Waals surface area contributed by atoms with E-state index in [0.717, 1.165) is 0 Å². The number of aliphatic carboxylic acids is 2. The Balaban J connectivity index is 4.47. The third-order valence-electron chi connectivity index (χ3n) is 1.02. The molecule has 0 aromatic heterocycles. The Morgan fingerprint density at radius 2 is 1.55 bits per heavy atom. The number of carbonyl (C=O) groups is 3. The van der Waals surface area contributed by atoms with Gasteiger partial charge in [-0.2, -0.15) is 0 Å². The summed E-state index contributed by atoms with van der Waals surface area (Å²) in [5.74, 6) is -6.41. The first-order chi connectivity index (χ1) is 5.00. The van der Waals surface area contributed by atoms with Crippen LogP contribution in [-0.4, -0.2) is 34.5 Å². The molecule has 4 N–H and O–H groups in total. The van der Waals surface area contributed by atoms with E-state index in [1.807, 2.05) is 0 Å². The lowest BCUT2D eigenvalue weighted by Crippen LogP contribution is -2.35. The van der Waals surface area contributed by atoms with Gasteiger partial charge in [-0.15, -0.1) is 0 Å². The lowest BCUT2D eigenvalue weighted by Gasteiger charge is -2.02. The summed E-state index contributed by atoms with van der Waals surface area (Å²) >= 11 is 0. The van der Waals surface area contributed by atoms with Crippen LogP contribution in [0.3, 0.4) is 0 Å². The summed E-state index contributed by atoms with van der Waals surface area (Å²) in [7, 11) is 0. The van der Waals surface area contributed by atoms with Crippen LogP contribution in [0, 0.1) is 5.92 Å². The Labute approximate surface area is 61.6 Å². The summed E-state index contributed by atoms with van der Waals surface area (Å²) in [5, 5.41) is 16.4. The second-order valence-electron chi connectivity index (χ2n) is 1.78. The minimum Gasteiger partial charge on any atom is -0.480 e. The molecule has 0 rings (SSSR count). The van der Waals surface area contributed by atoms with Crippen LogP contribution in [0.4, 0.5) is 0 Å². The minimum atomic E-state index is -2.03. The Bertz CT molecular complexity index is 185. The van der Waals surface area contributed by atoms with Crippen molar-refractivity contribution in [1.82, 2.24) is 0 Å². The van der Waals surface area contributed by atoms with Crippen molar-refractivity contribution in [3.8, 4) is 0 Å².